The molecule has 0 amide bonds. The molecule has 2 heterocycles. The predicted molar refractivity (Wildman–Crippen MR) is 63.2 cm³/mol. The first kappa shape index (κ1) is 12.5. The molecule has 0 spiro atoms. The van der Waals surface area contributed by atoms with Gasteiger partial charge in [0.2, 0.25) is 11.1 Å². The fourth-order valence-electron chi connectivity index (χ4n) is 1.91. The Morgan fingerprint density at radius 2 is 2.35 bits per heavy atom. The van der Waals surface area contributed by atoms with Gasteiger partial charge in [-0.2, -0.15) is 4.98 Å². The van der Waals surface area contributed by atoms with E-state index in [0.29, 0.717) is 13.1 Å². The van der Waals surface area contributed by atoms with Crippen molar-refractivity contribution in [1.82, 2.24) is 19.5 Å². The lowest BCUT2D eigenvalue weighted by atomic mass is 9.91. The maximum Gasteiger partial charge on any atom is 0.240 e. The molecule has 96 valence electrons. The predicted octanol–water partition coefficient (Wildman–Crippen LogP) is -0.498. The van der Waals surface area contributed by atoms with Crippen LogP contribution < -0.4 is 5.73 Å². The van der Waals surface area contributed by atoms with Gasteiger partial charge in [-0.05, 0) is 20.3 Å². The first-order valence-corrected chi connectivity index (χ1v) is 6.55. The Morgan fingerprint density at radius 1 is 1.65 bits per heavy atom. The molecule has 1 fully saturated rings. The molecule has 8 heteroatoms. The Balaban J connectivity index is 2.04. The van der Waals surface area contributed by atoms with Crippen LogP contribution in [0.15, 0.2) is 5.16 Å². The molecule has 17 heavy (non-hydrogen) atoms. The molecule has 0 saturated carbocycles. The molecular weight excluding hydrogens is 242 g/mol. The minimum Gasteiger partial charge on any atom is -0.390 e. The van der Waals surface area contributed by atoms with Crippen LogP contribution in [0.25, 0.3) is 0 Å². The minimum absolute atomic E-state index is 0.0894. The van der Waals surface area contributed by atoms with E-state index >= 15 is 0 Å². The number of aliphatic hydroxyl groups is 1. The Hall–Kier alpha value is -0.990. The summed E-state index contributed by atoms with van der Waals surface area (Å²) in [6.45, 7) is 4.80. The molecule has 0 aromatic carbocycles. The number of nitrogens with two attached hydrogens (primary N) is 1. The largest absolute Gasteiger partial charge is 0.390 e. The zero-order valence-corrected chi connectivity index (χ0v) is 10.7. The maximum atomic E-state index is 12.1. The lowest BCUT2D eigenvalue weighted by Crippen LogP contribution is -2.34. The molecule has 0 bridgehead atoms. The average Bonchev–Trinajstić information content (AvgIpc) is 2.83. The van der Waals surface area contributed by atoms with Crippen LogP contribution >= 0.6 is 0 Å². The van der Waals surface area contributed by atoms with Gasteiger partial charge in [0.15, 0.2) is 11.0 Å². The van der Waals surface area contributed by atoms with Gasteiger partial charge >= 0.3 is 0 Å². The summed E-state index contributed by atoms with van der Waals surface area (Å²) < 4.78 is 13.9. The van der Waals surface area contributed by atoms with E-state index in [4.69, 9.17) is 5.73 Å². The zero-order chi connectivity index (χ0) is 12.6. The molecule has 2 rings (SSSR count). The van der Waals surface area contributed by atoms with Gasteiger partial charge in [-0.3, -0.25) is 0 Å². The third-order valence-electron chi connectivity index (χ3n) is 3.03. The number of aromatic amines is 1. The first-order chi connectivity index (χ1) is 7.88. The minimum atomic E-state index is -1.38. The third kappa shape index (κ3) is 2.64. The lowest BCUT2D eigenvalue weighted by molar-refractivity contribution is 0.0237. The monoisotopic (exact) mass is 259 g/mol. The van der Waals surface area contributed by atoms with Crippen molar-refractivity contribution in [2.75, 3.05) is 18.8 Å². The van der Waals surface area contributed by atoms with Crippen molar-refractivity contribution in [2.45, 2.75) is 31.0 Å². The summed E-state index contributed by atoms with van der Waals surface area (Å²) in [7, 11) is -1.38. The number of nitrogen functional groups attached to an aromatic ring is 1. The number of hydrogen-bond donors (Lipinski definition) is 3. The van der Waals surface area contributed by atoms with Crippen molar-refractivity contribution in [2.24, 2.45) is 5.92 Å². The highest BCUT2D eigenvalue weighted by Crippen LogP contribution is 2.28. The van der Waals surface area contributed by atoms with Gasteiger partial charge in [0, 0.05) is 19.0 Å². The number of anilines is 1. The lowest BCUT2D eigenvalue weighted by Gasteiger charge is -2.25. The van der Waals surface area contributed by atoms with Gasteiger partial charge in [-0.25, -0.2) is 13.6 Å². The van der Waals surface area contributed by atoms with E-state index in [1.165, 1.54) is 0 Å². The second-order valence-electron chi connectivity index (χ2n) is 4.78. The van der Waals surface area contributed by atoms with E-state index < -0.39 is 16.6 Å². The summed E-state index contributed by atoms with van der Waals surface area (Å²) in [5, 5.41) is 16.4. The number of nitrogens with zero attached hydrogens (tertiary/aromatic N) is 3. The average molecular weight is 259 g/mol. The fourth-order valence-corrected chi connectivity index (χ4v) is 3.04. The molecule has 1 aromatic rings. The van der Waals surface area contributed by atoms with E-state index in [1.54, 1.807) is 18.2 Å². The van der Waals surface area contributed by atoms with Gasteiger partial charge < -0.3 is 10.8 Å². The smallest absolute Gasteiger partial charge is 0.240 e. The van der Waals surface area contributed by atoms with Crippen molar-refractivity contribution >= 4 is 16.9 Å². The first-order valence-electron chi connectivity index (χ1n) is 5.45. The van der Waals surface area contributed by atoms with Crippen LogP contribution in [0.4, 0.5) is 5.95 Å². The van der Waals surface area contributed by atoms with Gasteiger partial charge in [0.05, 0.1) is 5.60 Å². The number of aromatic nitrogens is 3. The van der Waals surface area contributed by atoms with E-state index in [-0.39, 0.29) is 17.0 Å². The van der Waals surface area contributed by atoms with E-state index in [0.717, 1.165) is 6.42 Å². The van der Waals surface area contributed by atoms with Crippen LogP contribution in [0.5, 0.6) is 0 Å². The second kappa shape index (κ2) is 4.35. The normalized spacial score (nSPS) is 24.1. The summed E-state index contributed by atoms with van der Waals surface area (Å²) in [5.74, 6) is 0.207. The standard InChI is InChI=1S/C9H17N5O2S/c1-9(2,15)6-3-4-14(5-6)17(16)8-11-7(10)12-13-8/h6,15H,3-5H2,1-2H3,(H3,10,11,12,13)/t6-,17?/m0/s1. The summed E-state index contributed by atoms with van der Waals surface area (Å²) in [6, 6.07) is 0. The topological polar surface area (TPSA) is 108 Å². The maximum absolute atomic E-state index is 12.1. The summed E-state index contributed by atoms with van der Waals surface area (Å²) in [4.78, 5) is 3.85. The second-order valence-corrected chi connectivity index (χ2v) is 6.18. The SMILES string of the molecule is CC(C)(O)[C@H]1CCN(S(=O)c2nc(N)n[nH]2)C1. The molecule has 0 aliphatic carbocycles. The highest BCUT2D eigenvalue weighted by Gasteiger charge is 2.36. The van der Waals surface area contributed by atoms with Gasteiger partial charge in [0.1, 0.15) is 0 Å². The Kier molecular flexibility index (Phi) is 3.19. The number of hydrogen-bond acceptors (Lipinski definition) is 5. The number of nitrogens with one attached hydrogen (secondary N) is 1. The van der Waals surface area contributed by atoms with Crippen LogP contribution in [-0.2, 0) is 11.0 Å². The van der Waals surface area contributed by atoms with Crippen molar-refractivity contribution in [1.29, 1.82) is 0 Å². The fraction of sp³-hybridized carbons (Fsp3) is 0.778. The molecule has 4 N–H and O–H groups in total. The highest BCUT2D eigenvalue weighted by molar-refractivity contribution is 7.82. The number of H-pyrrole nitrogens is 1. The third-order valence-corrected chi connectivity index (χ3v) is 4.35. The van der Waals surface area contributed by atoms with Gasteiger partial charge in [-0.1, -0.05) is 0 Å². The Bertz CT molecular complexity index is 427. The van der Waals surface area contributed by atoms with Crippen molar-refractivity contribution in [3.05, 3.63) is 0 Å². The molecule has 1 aliphatic rings. The van der Waals surface area contributed by atoms with Crippen LogP contribution in [0, 0.1) is 5.92 Å². The molecule has 1 aliphatic heterocycles. The molecular formula is C9H17N5O2S. The molecule has 1 saturated heterocycles. The van der Waals surface area contributed by atoms with E-state index in [2.05, 4.69) is 15.2 Å². The summed E-state index contributed by atoms with van der Waals surface area (Å²) >= 11 is 0. The van der Waals surface area contributed by atoms with Crippen molar-refractivity contribution in [3.8, 4) is 0 Å². The number of rotatable bonds is 3. The van der Waals surface area contributed by atoms with E-state index in [1.807, 2.05) is 0 Å². The van der Waals surface area contributed by atoms with Gasteiger partial charge in [0.25, 0.3) is 0 Å². The zero-order valence-electron chi connectivity index (χ0n) is 9.88. The molecule has 7 nitrogen and oxygen atoms in total. The quantitative estimate of drug-likeness (QED) is 0.678. The molecule has 1 unspecified atom stereocenters. The van der Waals surface area contributed by atoms with Crippen LogP contribution in [0.1, 0.15) is 20.3 Å². The molecule has 2 atom stereocenters. The highest BCUT2D eigenvalue weighted by atomic mass is 32.2. The summed E-state index contributed by atoms with van der Waals surface area (Å²) in [6.07, 6.45) is 0.818. The Labute approximate surface area is 102 Å². The van der Waals surface area contributed by atoms with Crippen LogP contribution in [0.2, 0.25) is 0 Å². The Morgan fingerprint density at radius 3 is 2.82 bits per heavy atom. The van der Waals surface area contributed by atoms with Crippen LogP contribution in [0.3, 0.4) is 0 Å². The van der Waals surface area contributed by atoms with Crippen molar-refractivity contribution < 1.29 is 9.32 Å². The summed E-state index contributed by atoms with van der Waals surface area (Å²) in [5.41, 5.74) is 4.61. The molecule has 1 aromatic heterocycles. The van der Waals surface area contributed by atoms with Crippen LogP contribution in [-0.4, -0.2) is 47.5 Å². The van der Waals surface area contributed by atoms with Crippen molar-refractivity contribution in [3.63, 3.8) is 0 Å². The van der Waals surface area contributed by atoms with Gasteiger partial charge in [-0.15, -0.1) is 5.10 Å². The van der Waals surface area contributed by atoms with E-state index in [9.17, 15) is 9.32 Å². The molecule has 0 radical (unpaired) electrons.